The van der Waals surface area contributed by atoms with Crippen molar-refractivity contribution >= 4 is 54.2 Å². The van der Waals surface area contributed by atoms with E-state index in [-0.39, 0.29) is 10.0 Å². The zero-order chi connectivity index (χ0) is 24.1. The van der Waals surface area contributed by atoms with Gasteiger partial charge in [0, 0.05) is 16.1 Å². The third-order valence-corrected chi connectivity index (χ3v) is 3.81. The quantitative estimate of drug-likeness (QED) is 0.307. The van der Waals surface area contributed by atoms with Crippen LogP contribution >= 0.6 is 31.9 Å². The lowest BCUT2D eigenvalue weighted by atomic mass is 10.2. The second-order valence-electron chi connectivity index (χ2n) is 4.49. The molecule has 30 heavy (non-hydrogen) atoms. The zero-order valence-electron chi connectivity index (χ0n) is 15.2. The highest BCUT2D eigenvalue weighted by Crippen LogP contribution is 2.18. The summed E-state index contributed by atoms with van der Waals surface area (Å²) in [6.45, 7) is 0. The Balaban J connectivity index is 0. The normalized spacial score (nSPS) is 9.50. The molecule has 2 aromatic carbocycles. The third-order valence-electron chi connectivity index (χ3n) is 2.50. The minimum Gasteiger partial charge on any atom is -0.478 e. The predicted octanol–water partition coefficient (Wildman–Crippen LogP) is 3.62. The zero-order valence-corrected chi connectivity index (χ0v) is 19.2. The summed E-state index contributed by atoms with van der Waals surface area (Å²) >= 11 is 5.97. The Labute approximate surface area is 187 Å². The summed E-state index contributed by atoms with van der Waals surface area (Å²) < 4.78 is 61.6. The first-order valence-corrected chi connectivity index (χ1v) is 10.1. The first kappa shape index (κ1) is 30.2. The van der Waals surface area contributed by atoms with Crippen molar-refractivity contribution in [2.45, 2.75) is 0 Å². The van der Waals surface area contributed by atoms with Gasteiger partial charge in [0.25, 0.3) is 0 Å². The molecule has 0 atom stereocenters. The van der Waals surface area contributed by atoms with Crippen molar-refractivity contribution < 1.29 is 50.8 Å². The summed E-state index contributed by atoms with van der Waals surface area (Å²) in [4.78, 5) is 21.4. The molecule has 2 aromatic rings. The van der Waals surface area contributed by atoms with Crippen molar-refractivity contribution in [3.8, 4) is 0 Å². The molecule has 168 valence electrons. The molecule has 0 amide bonds. The molecule has 0 saturated carbocycles. The van der Waals surface area contributed by atoms with E-state index in [0.29, 0.717) is 10.0 Å². The number of aliphatic hydroxyl groups is 1. The van der Waals surface area contributed by atoms with Crippen LogP contribution in [0.25, 0.3) is 0 Å². The lowest BCUT2D eigenvalue weighted by Gasteiger charge is -2.00. The van der Waals surface area contributed by atoms with Crippen molar-refractivity contribution in [1.29, 1.82) is 0 Å². The Morgan fingerprint density at radius 3 is 1.50 bits per heavy atom. The molecule has 9 nitrogen and oxygen atoms in total. The summed E-state index contributed by atoms with van der Waals surface area (Å²) in [5, 5.41) is 15.5. The van der Waals surface area contributed by atoms with E-state index in [1.54, 1.807) is 0 Å². The monoisotopic (exact) mass is 580 g/mol. The fraction of sp³-hybridized carbons (Fsp3) is 0.125. The number of esters is 1. The number of aromatic carboxylic acids is 1. The Bertz CT molecular complexity index is 946. The van der Waals surface area contributed by atoms with Crippen LogP contribution in [0.4, 0.5) is 8.78 Å². The first-order valence-electron chi connectivity index (χ1n) is 7.12. The van der Waals surface area contributed by atoms with Crippen molar-refractivity contribution in [3.05, 3.63) is 68.1 Å². The lowest BCUT2D eigenvalue weighted by molar-refractivity contribution is 0.0598. The number of hydrogen-bond donors (Lipinski definition) is 4. The maximum atomic E-state index is 12.5. The van der Waals surface area contributed by atoms with E-state index in [2.05, 4.69) is 36.6 Å². The van der Waals surface area contributed by atoms with Gasteiger partial charge in [-0.05, 0) is 68.3 Å². The third kappa shape index (κ3) is 14.1. The van der Waals surface area contributed by atoms with Gasteiger partial charge in [-0.3, -0.25) is 9.11 Å². The van der Waals surface area contributed by atoms with Crippen LogP contribution in [0.3, 0.4) is 0 Å². The molecule has 0 saturated heterocycles. The van der Waals surface area contributed by atoms with Crippen LogP contribution in [0.15, 0.2) is 45.3 Å². The van der Waals surface area contributed by atoms with Gasteiger partial charge in [0.1, 0.15) is 11.6 Å². The number of rotatable bonds is 2. The second kappa shape index (κ2) is 14.9. The molecule has 2 rings (SSSR count). The molecular weight excluding hydrogens is 566 g/mol. The number of carboxylic acid groups (broad SMARTS) is 1. The van der Waals surface area contributed by atoms with Crippen molar-refractivity contribution in [1.82, 2.24) is 0 Å². The number of hydrogen-bond acceptors (Lipinski definition) is 6. The van der Waals surface area contributed by atoms with E-state index in [1.165, 1.54) is 31.4 Å². The maximum Gasteiger partial charge on any atom is 0.394 e. The minimum absolute atomic E-state index is 0.0615. The fourth-order valence-corrected chi connectivity index (χ4v) is 2.46. The number of carboxylic acids is 1. The van der Waals surface area contributed by atoms with Gasteiger partial charge < -0.3 is 14.9 Å². The average Bonchev–Trinajstić information content (AvgIpc) is 2.61. The van der Waals surface area contributed by atoms with Gasteiger partial charge in [0.05, 0.1) is 18.2 Å². The molecule has 0 unspecified atom stereocenters. The van der Waals surface area contributed by atoms with Crippen LogP contribution in [0, 0.1) is 11.6 Å². The van der Waals surface area contributed by atoms with E-state index in [4.69, 9.17) is 27.7 Å². The molecule has 0 bridgehead atoms. The highest BCUT2D eigenvalue weighted by molar-refractivity contribution is 9.10. The SMILES string of the molecule is CO.COC(=O)c1ccc(F)cc1Br.O=C(O)c1ccc(F)cc1Br.O=S(=O)(O)O. The van der Waals surface area contributed by atoms with Crippen LogP contribution < -0.4 is 0 Å². The molecule has 0 aliphatic rings. The van der Waals surface area contributed by atoms with Gasteiger partial charge in [0.15, 0.2) is 0 Å². The highest BCUT2D eigenvalue weighted by atomic mass is 79.9. The van der Waals surface area contributed by atoms with Crippen molar-refractivity contribution in [2.24, 2.45) is 0 Å². The van der Waals surface area contributed by atoms with Crippen LogP contribution in [0.2, 0.25) is 0 Å². The van der Waals surface area contributed by atoms with Crippen LogP contribution in [-0.2, 0) is 15.1 Å². The summed E-state index contributed by atoms with van der Waals surface area (Å²) in [6.07, 6.45) is 0. The van der Waals surface area contributed by atoms with E-state index < -0.39 is 34.0 Å². The highest BCUT2D eigenvalue weighted by Gasteiger charge is 2.10. The summed E-state index contributed by atoms with van der Waals surface area (Å²) in [5.41, 5.74) is 0.380. The molecule has 4 N–H and O–H groups in total. The predicted molar refractivity (Wildman–Crippen MR) is 109 cm³/mol. The molecule has 0 spiro atoms. The molecule has 0 heterocycles. The van der Waals surface area contributed by atoms with E-state index in [1.807, 2.05) is 0 Å². The van der Waals surface area contributed by atoms with Gasteiger partial charge in [0.2, 0.25) is 0 Å². The Hall–Kier alpha value is -1.97. The topological polar surface area (TPSA) is 158 Å². The van der Waals surface area contributed by atoms with E-state index in [0.717, 1.165) is 19.2 Å². The summed E-state index contributed by atoms with van der Waals surface area (Å²) in [6, 6.07) is 7.22. The van der Waals surface area contributed by atoms with Crippen molar-refractivity contribution in [2.75, 3.05) is 14.2 Å². The molecule has 0 radical (unpaired) electrons. The Morgan fingerprint density at radius 2 is 1.23 bits per heavy atom. The molecule has 0 fully saturated rings. The van der Waals surface area contributed by atoms with Gasteiger partial charge >= 0.3 is 22.3 Å². The number of carbonyl (C=O) groups is 2. The largest absolute Gasteiger partial charge is 0.478 e. The number of carbonyl (C=O) groups excluding carboxylic acids is 1. The van der Waals surface area contributed by atoms with Gasteiger partial charge in [-0.25, -0.2) is 18.4 Å². The molecule has 0 aromatic heterocycles. The number of methoxy groups -OCH3 is 1. The number of halogens is 4. The van der Waals surface area contributed by atoms with Crippen LogP contribution in [0.1, 0.15) is 20.7 Å². The molecule has 0 aliphatic carbocycles. The number of ether oxygens (including phenoxy) is 1. The Morgan fingerprint density at radius 1 is 0.900 bits per heavy atom. The summed E-state index contributed by atoms with van der Waals surface area (Å²) in [5.74, 6) is -2.41. The molecule has 14 heteroatoms. The second-order valence-corrected chi connectivity index (χ2v) is 7.10. The van der Waals surface area contributed by atoms with Crippen LogP contribution in [-0.4, -0.2) is 53.9 Å². The summed E-state index contributed by atoms with van der Waals surface area (Å²) in [7, 11) is -2.39. The number of aliphatic hydroxyl groups excluding tert-OH is 1. The Kier molecular flexibility index (Phi) is 15.0. The van der Waals surface area contributed by atoms with Gasteiger partial charge in [-0.2, -0.15) is 8.42 Å². The molecule has 0 aliphatic heterocycles. The fourth-order valence-electron chi connectivity index (χ4n) is 1.43. The van der Waals surface area contributed by atoms with Crippen molar-refractivity contribution in [3.63, 3.8) is 0 Å². The van der Waals surface area contributed by atoms with E-state index in [9.17, 15) is 18.4 Å². The van der Waals surface area contributed by atoms with E-state index >= 15 is 0 Å². The minimum atomic E-state index is -4.67. The molecular formula is C16H16Br2F2O9S. The smallest absolute Gasteiger partial charge is 0.394 e. The number of benzene rings is 2. The van der Waals surface area contributed by atoms with Crippen LogP contribution in [0.5, 0.6) is 0 Å². The lowest BCUT2D eigenvalue weighted by Crippen LogP contribution is -2.02. The average molecular weight is 582 g/mol. The standard InChI is InChI=1S/C8H6BrFO2.C7H4BrFO2.CH4O.H2O4S/c1-12-8(11)6-3-2-5(10)4-7(6)9;8-6-3-4(9)1-2-5(6)7(10)11;1-2;1-5(2,3)4/h2-4H,1H3;1-3H,(H,10,11);2H,1H3;(H2,1,2,3,4). The maximum absolute atomic E-state index is 12.5. The first-order chi connectivity index (χ1) is 13.8. The van der Waals surface area contributed by atoms with Gasteiger partial charge in [-0.15, -0.1) is 0 Å². The van der Waals surface area contributed by atoms with Gasteiger partial charge in [-0.1, -0.05) is 0 Å².